The summed E-state index contributed by atoms with van der Waals surface area (Å²) < 4.78 is 0. The van der Waals surface area contributed by atoms with Crippen molar-refractivity contribution in [2.45, 2.75) is 18.9 Å². The lowest BCUT2D eigenvalue weighted by Gasteiger charge is -2.30. The monoisotopic (exact) mass is 276 g/mol. The summed E-state index contributed by atoms with van der Waals surface area (Å²) in [5.74, 6) is -0.0405. The summed E-state index contributed by atoms with van der Waals surface area (Å²) in [7, 11) is 5.94. The fourth-order valence-electron chi connectivity index (χ4n) is 2.67. The third-order valence-electron chi connectivity index (χ3n) is 3.71. The molecule has 110 valence electrons. The number of nitrogen functional groups attached to an aromatic ring is 1. The lowest BCUT2D eigenvalue weighted by atomic mass is 10.0. The van der Waals surface area contributed by atoms with Gasteiger partial charge in [-0.3, -0.25) is 4.79 Å². The number of benzene rings is 1. The second kappa shape index (κ2) is 6.13. The maximum absolute atomic E-state index is 12.5. The molecule has 1 amide bonds. The highest BCUT2D eigenvalue weighted by atomic mass is 16.1. The molecule has 5 heteroatoms. The number of hydrogen-bond donors (Lipinski definition) is 2. The van der Waals surface area contributed by atoms with Gasteiger partial charge in [0, 0.05) is 38.1 Å². The number of rotatable bonds is 3. The molecule has 1 aromatic rings. The predicted molar refractivity (Wildman–Crippen MR) is 83.2 cm³/mol. The zero-order chi connectivity index (χ0) is 14.7. The standard InChI is InChI=1S/C15H24N4O/c1-18(2)14-7-6-11(16)9-13(14)15(20)17-12-5-4-8-19(3)10-12/h6-7,9,12H,4-5,8,10,16H2,1-3H3,(H,17,20). The minimum Gasteiger partial charge on any atom is -0.399 e. The van der Waals surface area contributed by atoms with Gasteiger partial charge in [-0.1, -0.05) is 0 Å². The van der Waals surface area contributed by atoms with Crippen LogP contribution in [0.15, 0.2) is 18.2 Å². The van der Waals surface area contributed by atoms with Crippen LogP contribution in [-0.2, 0) is 0 Å². The molecule has 3 N–H and O–H groups in total. The largest absolute Gasteiger partial charge is 0.399 e. The minimum absolute atomic E-state index is 0.0405. The van der Waals surface area contributed by atoms with Crippen LogP contribution in [0.1, 0.15) is 23.2 Å². The van der Waals surface area contributed by atoms with Crippen molar-refractivity contribution in [1.29, 1.82) is 0 Å². The molecule has 1 aromatic carbocycles. The zero-order valence-corrected chi connectivity index (χ0v) is 12.5. The Labute approximate surface area is 120 Å². The van der Waals surface area contributed by atoms with Crippen molar-refractivity contribution in [2.75, 3.05) is 44.9 Å². The number of likely N-dealkylation sites (tertiary alicyclic amines) is 1. The predicted octanol–water partition coefficient (Wildman–Crippen LogP) is 1.16. The molecule has 5 nitrogen and oxygen atoms in total. The van der Waals surface area contributed by atoms with Gasteiger partial charge in [-0.05, 0) is 44.6 Å². The van der Waals surface area contributed by atoms with E-state index in [4.69, 9.17) is 5.73 Å². The average molecular weight is 276 g/mol. The number of amides is 1. The molecule has 1 saturated heterocycles. The maximum Gasteiger partial charge on any atom is 0.253 e. The van der Waals surface area contributed by atoms with Crippen LogP contribution in [-0.4, -0.2) is 51.1 Å². The van der Waals surface area contributed by atoms with Crippen molar-refractivity contribution in [3.8, 4) is 0 Å². The number of nitrogens with one attached hydrogen (secondary N) is 1. The van der Waals surface area contributed by atoms with Gasteiger partial charge in [0.25, 0.3) is 5.91 Å². The maximum atomic E-state index is 12.5. The van der Waals surface area contributed by atoms with Gasteiger partial charge in [0.05, 0.1) is 5.56 Å². The number of nitrogens with zero attached hydrogens (tertiary/aromatic N) is 2. The lowest BCUT2D eigenvalue weighted by Crippen LogP contribution is -2.46. The van der Waals surface area contributed by atoms with E-state index in [1.54, 1.807) is 6.07 Å². The van der Waals surface area contributed by atoms with Crippen LogP contribution in [0.3, 0.4) is 0 Å². The van der Waals surface area contributed by atoms with Gasteiger partial charge in [0.15, 0.2) is 0 Å². The van der Waals surface area contributed by atoms with Gasteiger partial charge in [0.2, 0.25) is 0 Å². The lowest BCUT2D eigenvalue weighted by molar-refractivity contribution is 0.0913. The number of likely N-dealkylation sites (N-methyl/N-ethyl adjacent to an activating group) is 1. The Bertz CT molecular complexity index is 487. The van der Waals surface area contributed by atoms with E-state index in [0.717, 1.165) is 31.6 Å². The molecular formula is C15H24N4O. The highest BCUT2D eigenvalue weighted by Gasteiger charge is 2.21. The average Bonchev–Trinajstić information content (AvgIpc) is 2.38. The van der Waals surface area contributed by atoms with Crippen LogP contribution in [0.4, 0.5) is 11.4 Å². The first kappa shape index (κ1) is 14.7. The molecule has 1 aliphatic rings. The van der Waals surface area contributed by atoms with Crippen LogP contribution in [0.2, 0.25) is 0 Å². The third kappa shape index (κ3) is 3.42. The summed E-state index contributed by atoms with van der Waals surface area (Å²) in [4.78, 5) is 16.7. The summed E-state index contributed by atoms with van der Waals surface area (Å²) in [6.45, 7) is 2.01. The first-order chi connectivity index (χ1) is 9.47. The van der Waals surface area contributed by atoms with E-state index in [1.165, 1.54) is 0 Å². The molecular weight excluding hydrogens is 252 g/mol. The topological polar surface area (TPSA) is 61.6 Å². The second-order valence-corrected chi connectivity index (χ2v) is 5.75. The first-order valence-corrected chi connectivity index (χ1v) is 7.03. The Kier molecular flexibility index (Phi) is 4.49. The Morgan fingerprint density at radius 2 is 2.20 bits per heavy atom. The molecule has 0 aliphatic carbocycles. The van der Waals surface area contributed by atoms with Crippen molar-refractivity contribution in [2.24, 2.45) is 0 Å². The van der Waals surface area contributed by atoms with Gasteiger partial charge in [-0.2, -0.15) is 0 Å². The SMILES string of the molecule is CN1CCCC(NC(=O)c2cc(N)ccc2N(C)C)C1. The van der Waals surface area contributed by atoms with E-state index in [2.05, 4.69) is 17.3 Å². The van der Waals surface area contributed by atoms with E-state index in [-0.39, 0.29) is 11.9 Å². The number of piperidine rings is 1. The summed E-state index contributed by atoms with van der Waals surface area (Å²) in [5.41, 5.74) is 7.96. The molecule has 20 heavy (non-hydrogen) atoms. The van der Waals surface area contributed by atoms with Crippen LogP contribution in [0.25, 0.3) is 0 Å². The van der Waals surface area contributed by atoms with Crippen molar-refractivity contribution >= 4 is 17.3 Å². The normalized spacial score (nSPS) is 19.6. The van der Waals surface area contributed by atoms with Crippen LogP contribution >= 0.6 is 0 Å². The van der Waals surface area contributed by atoms with E-state index in [1.807, 2.05) is 31.1 Å². The van der Waals surface area contributed by atoms with Crippen molar-refractivity contribution in [3.05, 3.63) is 23.8 Å². The minimum atomic E-state index is -0.0405. The van der Waals surface area contributed by atoms with Gasteiger partial charge in [0.1, 0.15) is 0 Å². The molecule has 0 bridgehead atoms. The molecule has 1 unspecified atom stereocenters. The highest BCUT2D eigenvalue weighted by molar-refractivity contribution is 6.00. The number of hydrogen-bond acceptors (Lipinski definition) is 4. The first-order valence-electron chi connectivity index (χ1n) is 7.03. The summed E-state index contributed by atoms with van der Waals surface area (Å²) in [6, 6.07) is 5.67. The molecule has 1 atom stereocenters. The smallest absolute Gasteiger partial charge is 0.253 e. The number of carbonyl (C=O) groups is 1. The van der Waals surface area contributed by atoms with Crippen LogP contribution < -0.4 is 16.0 Å². The summed E-state index contributed by atoms with van der Waals surface area (Å²) >= 11 is 0. The van der Waals surface area contributed by atoms with E-state index in [9.17, 15) is 4.79 Å². The van der Waals surface area contributed by atoms with Crippen molar-refractivity contribution < 1.29 is 4.79 Å². The zero-order valence-electron chi connectivity index (χ0n) is 12.5. The fraction of sp³-hybridized carbons (Fsp3) is 0.533. The van der Waals surface area contributed by atoms with Crippen LogP contribution in [0, 0.1) is 0 Å². The van der Waals surface area contributed by atoms with E-state index < -0.39 is 0 Å². The Morgan fingerprint density at radius 3 is 2.85 bits per heavy atom. The molecule has 0 saturated carbocycles. The Morgan fingerprint density at radius 1 is 1.45 bits per heavy atom. The summed E-state index contributed by atoms with van der Waals surface area (Å²) in [5, 5.41) is 3.13. The Balaban J connectivity index is 2.14. The van der Waals surface area contributed by atoms with Gasteiger partial charge in [-0.15, -0.1) is 0 Å². The number of nitrogens with two attached hydrogens (primary N) is 1. The number of carbonyl (C=O) groups excluding carboxylic acids is 1. The molecule has 0 spiro atoms. The van der Waals surface area contributed by atoms with Crippen molar-refractivity contribution in [3.63, 3.8) is 0 Å². The molecule has 1 fully saturated rings. The number of anilines is 2. The second-order valence-electron chi connectivity index (χ2n) is 5.75. The van der Waals surface area contributed by atoms with Crippen LogP contribution in [0.5, 0.6) is 0 Å². The molecule has 2 rings (SSSR count). The van der Waals surface area contributed by atoms with E-state index in [0.29, 0.717) is 11.3 Å². The Hall–Kier alpha value is -1.75. The summed E-state index contributed by atoms with van der Waals surface area (Å²) in [6.07, 6.45) is 2.16. The van der Waals surface area contributed by atoms with Crippen molar-refractivity contribution in [1.82, 2.24) is 10.2 Å². The van der Waals surface area contributed by atoms with Gasteiger partial charge in [-0.25, -0.2) is 0 Å². The molecule has 0 aromatic heterocycles. The van der Waals surface area contributed by atoms with Gasteiger partial charge >= 0.3 is 0 Å². The van der Waals surface area contributed by atoms with E-state index >= 15 is 0 Å². The highest BCUT2D eigenvalue weighted by Crippen LogP contribution is 2.22. The molecule has 0 radical (unpaired) electrons. The fourth-order valence-corrected chi connectivity index (χ4v) is 2.67. The quantitative estimate of drug-likeness (QED) is 0.813. The van der Waals surface area contributed by atoms with Gasteiger partial charge < -0.3 is 20.9 Å². The molecule has 1 heterocycles. The molecule has 1 aliphatic heterocycles. The third-order valence-corrected chi connectivity index (χ3v) is 3.71.